The standard InChI is InChI=1S/C21H14F3N3O3.C7H14/c22-21(23,24)30-16-7-5-15(6-8-16)25-20-26-17-9-4-13(11-18(17)27-20)12-2-1-3-14(10-12)19(28)29;1-7-5-3-2-4-6-7/h1-11H,(H,28,29)(H2,25,26,27);7H,2-6H2,1H3. The predicted octanol–water partition coefficient (Wildman–Crippen LogP) is 8.16. The van der Waals surface area contributed by atoms with Gasteiger partial charge in [-0.25, -0.2) is 9.78 Å². The minimum Gasteiger partial charge on any atom is -0.478 e. The number of halogens is 3. The topological polar surface area (TPSA) is 87.2 Å². The van der Waals surface area contributed by atoms with E-state index in [-0.39, 0.29) is 11.3 Å². The number of carboxylic acids is 1. The molecule has 0 aliphatic heterocycles. The van der Waals surface area contributed by atoms with Crippen LogP contribution in [0.15, 0.2) is 66.7 Å². The van der Waals surface area contributed by atoms with Crippen LogP contribution in [0, 0.1) is 5.92 Å². The largest absolute Gasteiger partial charge is 0.573 e. The fraction of sp³-hybridized carbons (Fsp3) is 0.286. The molecule has 0 saturated heterocycles. The van der Waals surface area contributed by atoms with Gasteiger partial charge in [0.15, 0.2) is 0 Å². The van der Waals surface area contributed by atoms with Crippen LogP contribution >= 0.6 is 0 Å². The van der Waals surface area contributed by atoms with E-state index in [1.54, 1.807) is 18.2 Å². The summed E-state index contributed by atoms with van der Waals surface area (Å²) < 4.78 is 40.6. The summed E-state index contributed by atoms with van der Waals surface area (Å²) in [6.07, 6.45) is 2.70. The molecule has 1 aromatic heterocycles. The molecular formula is C28H28F3N3O3. The predicted molar refractivity (Wildman–Crippen MR) is 137 cm³/mol. The number of benzene rings is 3. The van der Waals surface area contributed by atoms with Gasteiger partial charge in [-0.05, 0) is 65.6 Å². The zero-order valence-corrected chi connectivity index (χ0v) is 20.3. The fourth-order valence-electron chi connectivity index (χ4n) is 4.26. The molecule has 4 aromatic rings. The lowest BCUT2D eigenvalue weighted by atomic mass is 9.91. The highest BCUT2D eigenvalue weighted by Crippen LogP contribution is 2.28. The first-order valence-corrected chi connectivity index (χ1v) is 12.1. The Hall–Kier alpha value is -4.01. The van der Waals surface area contributed by atoms with Gasteiger partial charge in [-0.1, -0.05) is 57.2 Å². The molecule has 0 unspecified atom stereocenters. The van der Waals surface area contributed by atoms with Crippen LogP contribution in [0.1, 0.15) is 49.4 Å². The van der Waals surface area contributed by atoms with Crippen molar-refractivity contribution in [3.05, 3.63) is 72.3 Å². The minimum absolute atomic E-state index is 0.192. The molecule has 5 rings (SSSR count). The second-order valence-corrected chi connectivity index (χ2v) is 9.14. The number of H-pyrrole nitrogens is 1. The maximum absolute atomic E-state index is 12.2. The van der Waals surface area contributed by atoms with Crippen LogP contribution in [0.2, 0.25) is 0 Å². The number of carbonyl (C=O) groups is 1. The molecule has 0 bridgehead atoms. The second-order valence-electron chi connectivity index (χ2n) is 9.14. The number of alkyl halides is 3. The van der Waals surface area contributed by atoms with E-state index in [4.69, 9.17) is 5.11 Å². The van der Waals surface area contributed by atoms with Gasteiger partial charge in [-0.3, -0.25) is 0 Å². The van der Waals surface area contributed by atoms with E-state index >= 15 is 0 Å². The van der Waals surface area contributed by atoms with Gasteiger partial charge in [0, 0.05) is 5.69 Å². The van der Waals surface area contributed by atoms with Crippen molar-refractivity contribution in [1.29, 1.82) is 0 Å². The van der Waals surface area contributed by atoms with E-state index in [0.717, 1.165) is 17.0 Å². The number of aromatic nitrogens is 2. The number of imidazole rings is 1. The van der Waals surface area contributed by atoms with Crippen molar-refractivity contribution in [2.75, 3.05) is 5.32 Å². The average molecular weight is 512 g/mol. The molecule has 3 aromatic carbocycles. The molecule has 1 heterocycles. The summed E-state index contributed by atoms with van der Waals surface area (Å²) >= 11 is 0. The van der Waals surface area contributed by atoms with Gasteiger partial charge in [-0.2, -0.15) is 0 Å². The van der Waals surface area contributed by atoms with E-state index in [1.165, 1.54) is 62.4 Å². The number of aromatic carboxylic acids is 1. The summed E-state index contributed by atoms with van der Waals surface area (Å²) in [5, 5.41) is 12.1. The number of hydrogen-bond acceptors (Lipinski definition) is 4. The van der Waals surface area contributed by atoms with Crippen LogP contribution in [-0.4, -0.2) is 27.4 Å². The van der Waals surface area contributed by atoms with Crippen LogP contribution in [0.25, 0.3) is 22.2 Å². The van der Waals surface area contributed by atoms with Gasteiger partial charge >= 0.3 is 12.3 Å². The van der Waals surface area contributed by atoms with Crippen LogP contribution in [0.3, 0.4) is 0 Å². The quantitative estimate of drug-likeness (QED) is 0.252. The maximum Gasteiger partial charge on any atom is 0.573 e. The van der Waals surface area contributed by atoms with E-state index in [2.05, 4.69) is 26.9 Å². The molecule has 1 fully saturated rings. The first-order valence-electron chi connectivity index (χ1n) is 12.1. The highest BCUT2D eigenvalue weighted by atomic mass is 19.4. The van der Waals surface area contributed by atoms with Crippen molar-refractivity contribution in [1.82, 2.24) is 9.97 Å². The molecule has 9 heteroatoms. The summed E-state index contributed by atoms with van der Waals surface area (Å²) in [6, 6.07) is 17.3. The lowest BCUT2D eigenvalue weighted by molar-refractivity contribution is -0.274. The van der Waals surface area contributed by atoms with Gasteiger partial charge < -0.3 is 20.1 Å². The molecule has 1 aliphatic rings. The molecule has 0 amide bonds. The summed E-state index contributed by atoms with van der Waals surface area (Å²) in [5.74, 6) is 0.128. The Morgan fingerprint density at radius 3 is 2.32 bits per heavy atom. The molecule has 1 aliphatic carbocycles. The highest BCUT2D eigenvalue weighted by Gasteiger charge is 2.30. The zero-order valence-electron chi connectivity index (χ0n) is 20.3. The van der Waals surface area contributed by atoms with E-state index < -0.39 is 12.3 Å². The van der Waals surface area contributed by atoms with Crippen molar-refractivity contribution >= 4 is 28.6 Å². The number of carboxylic acid groups (broad SMARTS) is 1. The summed E-state index contributed by atoms with van der Waals surface area (Å²) in [7, 11) is 0. The van der Waals surface area contributed by atoms with Gasteiger partial charge in [0.1, 0.15) is 5.75 Å². The number of aromatic amines is 1. The zero-order chi connectivity index (χ0) is 26.4. The van der Waals surface area contributed by atoms with Crippen molar-refractivity contribution in [3.8, 4) is 16.9 Å². The molecule has 3 N–H and O–H groups in total. The van der Waals surface area contributed by atoms with E-state index in [1.807, 2.05) is 18.2 Å². The first-order chi connectivity index (χ1) is 17.7. The summed E-state index contributed by atoms with van der Waals surface area (Å²) in [6.45, 7) is 2.36. The van der Waals surface area contributed by atoms with E-state index in [9.17, 15) is 18.0 Å². The highest BCUT2D eigenvalue weighted by molar-refractivity contribution is 5.90. The smallest absolute Gasteiger partial charge is 0.478 e. The third-order valence-electron chi connectivity index (χ3n) is 6.17. The molecule has 6 nitrogen and oxygen atoms in total. The fourth-order valence-corrected chi connectivity index (χ4v) is 4.26. The number of nitrogens with one attached hydrogen (secondary N) is 2. The Balaban J connectivity index is 0.000000396. The average Bonchev–Trinajstić information content (AvgIpc) is 3.27. The number of nitrogens with zero attached hydrogens (tertiary/aromatic N) is 1. The molecule has 194 valence electrons. The Kier molecular flexibility index (Phi) is 8.01. The second kappa shape index (κ2) is 11.4. The third kappa shape index (κ3) is 7.49. The Morgan fingerprint density at radius 1 is 1.00 bits per heavy atom. The van der Waals surface area contributed by atoms with Crippen molar-refractivity contribution in [3.63, 3.8) is 0 Å². The Labute approximate surface area is 212 Å². The number of rotatable bonds is 5. The molecule has 0 spiro atoms. The first kappa shape index (κ1) is 26.1. The van der Waals surface area contributed by atoms with Crippen molar-refractivity contribution in [2.45, 2.75) is 45.4 Å². The molecule has 37 heavy (non-hydrogen) atoms. The lowest BCUT2D eigenvalue weighted by Gasteiger charge is -2.15. The number of ether oxygens (including phenoxy) is 1. The van der Waals surface area contributed by atoms with Crippen molar-refractivity contribution in [2.24, 2.45) is 5.92 Å². The lowest BCUT2D eigenvalue weighted by Crippen LogP contribution is -2.16. The molecule has 0 radical (unpaired) electrons. The van der Waals surface area contributed by atoms with E-state index in [0.29, 0.717) is 22.7 Å². The van der Waals surface area contributed by atoms with Gasteiger partial charge in [0.25, 0.3) is 0 Å². The SMILES string of the molecule is CC1CCCCC1.O=C(O)c1cccc(-c2ccc3nc(Nc4ccc(OC(F)(F)F)cc4)[nH]c3c2)c1. The minimum atomic E-state index is -4.74. The molecular weight excluding hydrogens is 483 g/mol. The van der Waals surface area contributed by atoms with Crippen LogP contribution in [0.5, 0.6) is 5.75 Å². The third-order valence-corrected chi connectivity index (χ3v) is 6.17. The number of hydrogen-bond donors (Lipinski definition) is 3. The van der Waals surface area contributed by atoms with Crippen LogP contribution < -0.4 is 10.1 Å². The normalized spacial score (nSPS) is 14.1. The summed E-state index contributed by atoms with van der Waals surface area (Å²) in [5.41, 5.74) is 3.67. The monoisotopic (exact) mass is 511 g/mol. The van der Waals surface area contributed by atoms with Crippen molar-refractivity contribution < 1.29 is 27.8 Å². The number of anilines is 2. The summed E-state index contributed by atoms with van der Waals surface area (Å²) in [4.78, 5) is 18.7. The maximum atomic E-state index is 12.2. The van der Waals surface area contributed by atoms with Gasteiger partial charge in [-0.15, -0.1) is 13.2 Å². The van der Waals surface area contributed by atoms with Gasteiger partial charge in [0.2, 0.25) is 5.95 Å². The Morgan fingerprint density at radius 2 is 1.70 bits per heavy atom. The number of fused-ring (bicyclic) bond motifs is 1. The Bertz CT molecular complexity index is 1340. The van der Waals surface area contributed by atoms with Crippen LogP contribution in [0.4, 0.5) is 24.8 Å². The van der Waals surface area contributed by atoms with Gasteiger partial charge in [0.05, 0.1) is 16.6 Å². The molecule has 0 atom stereocenters. The molecule has 1 saturated carbocycles. The van der Waals surface area contributed by atoms with Crippen LogP contribution in [-0.2, 0) is 0 Å².